The lowest BCUT2D eigenvalue weighted by Crippen LogP contribution is -2.19. The SMILES string of the molecule is CC1(F)CC[C@H](N)C1. The first-order chi connectivity index (χ1) is 3.60. The molecule has 2 atom stereocenters. The zero-order valence-corrected chi connectivity index (χ0v) is 5.15. The Morgan fingerprint density at radius 2 is 2.38 bits per heavy atom. The third-order valence-electron chi connectivity index (χ3n) is 1.72. The fraction of sp³-hybridized carbons (Fsp3) is 1.00. The highest BCUT2D eigenvalue weighted by Crippen LogP contribution is 2.31. The first-order valence-electron chi connectivity index (χ1n) is 3.05. The molecule has 1 rings (SSSR count). The fourth-order valence-electron chi connectivity index (χ4n) is 1.24. The van der Waals surface area contributed by atoms with E-state index in [4.69, 9.17) is 5.73 Å². The summed E-state index contributed by atoms with van der Waals surface area (Å²) >= 11 is 0. The van der Waals surface area contributed by atoms with Gasteiger partial charge >= 0.3 is 0 Å². The Bertz CT molecular complexity index is 90.5. The van der Waals surface area contributed by atoms with Gasteiger partial charge in [-0.25, -0.2) is 4.39 Å². The second-order valence-electron chi connectivity index (χ2n) is 2.92. The van der Waals surface area contributed by atoms with Crippen molar-refractivity contribution in [3.8, 4) is 0 Å². The molecule has 1 aliphatic rings. The summed E-state index contributed by atoms with van der Waals surface area (Å²) in [7, 11) is 0. The molecule has 0 radical (unpaired) electrons. The van der Waals surface area contributed by atoms with Crippen molar-refractivity contribution in [1.29, 1.82) is 0 Å². The molecule has 1 fully saturated rings. The molecule has 0 aromatic carbocycles. The van der Waals surface area contributed by atoms with Gasteiger partial charge in [-0.1, -0.05) is 0 Å². The van der Waals surface area contributed by atoms with Gasteiger partial charge in [0, 0.05) is 6.04 Å². The van der Waals surface area contributed by atoms with Crippen molar-refractivity contribution in [2.24, 2.45) is 5.73 Å². The molecular formula is C6H12FN. The van der Waals surface area contributed by atoms with E-state index in [-0.39, 0.29) is 6.04 Å². The Hall–Kier alpha value is -0.110. The molecule has 1 nitrogen and oxygen atoms in total. The molecule has 2 N–H and O–H groups in total. The molecule has 8 heavy (non-hydrogen) atoms. The minimum atomic E-state index is -0.959. The zero-order valence-electron chi connectivity index (χ0n) is 5.15. The molecule has 0 bridgehead atoms. The van der Waals surface area contributed by atoms with Crippen LogP contribution in [0.5, 0.6) is 0 Å². The molecule has 0 aliphatic heterocycles. The average molecular weight is 117 g/mol. The van der Waals surface area contributed by atoms with E-state index in [1.54, 1.807) is 6.92 Å². The van der Waals surface area contributed by atoms with Crippen LogP contribution in [0, 0.1) is 0 Å². The number of alkyl halides is 1. The van der Waals surface area contributed by atoms with Crippen molar-refractivity contribution in [3.63, 3.8) is 0 Å². The standard InChI is InChI=1S/C6H12FN/c1-6(7)3-2-5(8)4-6/h5H,2-4,8H2,1H3/t5-,6?/m0/s1. The third kappa shape index (κ3) is 1.19. The van der Waals surface area contributed by atoms with E-state index in [0.29, 0.717) is 12.8 Å². The number of hydrogen-bond acceptors (Lipinski definition) is 1. The second kappa shape index (κ2) is 1.69. The summed E-state index contributed by atoms with van der Waals surface area (Å²) in [5, 5.41) is 0. The van der Waals surface area contributed by atoms with Crippen LogP contribution in [-0.2, 0) is 0 Å². The van der Waals surface area contributed by atoms with Gasteiger partial charge in [0.15, 0.2) is 0 Å². The van der Waals surface area contributed by atoms with Gasteiger partial charge in [0.05, 0.1) is 0 Å². The molecule has 0 amide bonds. The van der Waals surface area contributed by atoms with Gasteiger partial charge in [0.1, 0.15) is 5.67 Å². The van der Waals surface area contributed by atoms with Gasteiger partial charge in [-0.15, -0.1) is 0 Å². The molecule has 0 aromatic rings. The lowest BCUT2D eigenvalue weighted by molar-refractivity contribution is 0.197. The maximum Gasteiger partial charge on any atom is 0.109 e. The smallest absolute Gasteiger partial charge is 0.109 e. The molecule has 0 heterocycles. The highest BCUT2D eigenvalue weighted by Gasteiger charge is 2.32. The van der Waals surface area contributed by atoms with Gasteiger partial charge in [0.2, 0.25) is 0 Å². The van der Waals surface area contributed by atoms with Crippen LogP contribution in [0.15, 0.2) is 0 Å². The molecule has 2 heteroatoms. The van der Waals surface area contributed by atoms with Crippen molar-refractivity contribution in [1.82, 2.24) is 0 Å². The molecule has 0 saturated heterocycles. The predicted molar refractivity (Wildman–Crippen MR) is 31.3 cm³/mol. The minimum absolute atomic E-state index is 0.116. The van der Waals surface area contributed by atoms with Crippen LogP contribution in [0.25, 0.3) is 0 Å². The maximum atomic E-state index is 12.8. The highest BCUT2D eigenvalue weighted by molar-refractivity contribution is 4.87. The molecule has 0 spiro atoms. The zero-order chi connectivity index (χ0) is 6.20. The van der Waals surface area contributed by atoms with Gasteiger partial charge in [-0.05, 0) is 26.2 Å². The summed E-state index contributed by atoms with van der Waals surface area (Å²) in [6.07, 6.45) is 2.05. The fourth-order valence-corrected chi connectivity index (χ4v) is 1.24. The van der Waals surface area contributed by atoms with Crippen LogP contribution in [0.4, 0.5) is 4.39 Å². The van der Waals surface area contributed by atoms with Crippen molar-refractivity contribution < 1.29 is 4.39 Å². The summed E-state index contributed by atoms with van der Waals surface area (Å²) in [4.78, 5) is 0. The normalized spacial score (nSPS) is 47.6. The highest BCUT2D eigenvalue weighted by atomic mass is 19.1. The van der Waals surface area contributed by atoms with E-state index in [1.165, 1.54) is 0 Å². The van der Waals surface area contributed by atoms with Crippen LogP contribution in [-0.4, -0.2) is 11.7 Å². The van der Waals surface area contributed by atoms with Gasteiger partial charge in [-0.3, -0.25) is 0 Å². The number of halogens is 1. The van der Waals surface area contributed by atoms with Crippen LogP contribution in [0.2, 0.25) is 0 Å². The van der Waals surface area contributed by atoms with Crippen molar-refractivity contribution in [3.05, 3.63) is 0 Å². The molecule has 0 aromatic heterocycles. The summed E-state index contributed by atoms with van der Waals surface area (Å²) in [5.74, 6) is 0. The minimum Gasteiger partial charge on any atom is -0.328 e. The number of rotatable bonds is 0. The van der Waals surface area contributed by atoms with E-state index in [1.807, 2.05) is 0 Å². The summed E-state index contributed by atoms with van der Waals surface area (Å²) in [6, 6.07) is 0.116. The van der Waals surface area contributed by atoms with Crippen LogP contribution in [0.3, 0.4) is 0 Å². The predicted octanol–water partition coefficient (Wildman–Crippen LogP) is 1.23. The molecule has 1 saturated carbocycles. The van der Waals surface area contributed by atoms with E-state index in [9.17, 15) is 4.39 Å². The molecule has 1 aliphatic carbocycles. The third-order valence-corrected chi connectivity index (χ3v) is 1.72. The quantitative estimate of drug-likeness (QED) is 0.507. The Morgan fingerprint density at radius 1 is 1.75 bits per heavy atom. The lowest BCUT2D eigenvalue weighted by atomic mass is 10.1. The Morgan fingerprint density at radius 3 is 2.50 bits per heavy atom. The lowest BCUT2D eigenvalue weighted by Gasteiger charge is -2.09. The summed E-state index contributed by atoms with van der Waals surface area (Å²) < 4.78 is 12.8. The van der Waals surface area contributed by atoms with Crippen molar-refractivity contribution >= 4 is 0 Å². The average Bonchev–Trinajstić information content (AvgIpc) is 1.82. The van der Waals surface area contributed by atoms with Crippen LogP contribution >= 0.6 is 0 Å². The summed E-state index contributed by atoms with van der Waals surface area (Å²) in [5.41, 5.74) is 4.51. The molecule has 1 unspecified atom stereocenters. The molecule has 48 valence electrons. The second-order valence-corrected chi connectivity index (χ2v) is 2.92. The van der Waals surface area contributed by atoms with E-state index in [0.717, 1.165) is 6.42 Å². The van der Waals surface area contributed by atoms with Gasteiger partial charge in [0.25, 0.3) is 0 Å². The largest absolute Gasteiger partial charge is 0.328 e. The number of nitrogens with two attached hydrogens (primary N) is 1. The van der Waals surface area contributed by atoms with Crippen molar-refractivity contribution in [2.75, 3.05) is 0 Å². The van der Waals surface area contributed by atoms with E-state index >= 15 is 0 Å². The van der Waals surface area contributed by atoms with Gasteiger partial charge in [-0.2, -0.15) is 0 Å². The van der Waals surface area contributed by atoms with Crippen LogP contribution in [0.1, 0.15) is 26.2 Å². The topological polar surface area (TPSA) is 26.0 Å². The first kappa shape index (κ1) is 6.02. The van der Waals surface area contributed by atoms with E-state index in [2.05, 4.69) is 0 Å². The monoisotopic (exact) mass is 117 g/mol. The van der Waals surface area contributed by atoms with Crippen molar-refractivity contribution in [2.45, 2.75) is 37.9 Å². The van der Waals surface area contributed by atoms with Crippen LogP contribution < -0.4 is 5.73 Å². The number of hydrogen-bond donors (Lipinski definition) is 1. The first-order valence-corrected chi connectivity index (χ1v) is 3.05. The Balaban J connectivity index is 2.44. The Kier molecular flexibility index (Phi) is 1.27. The van der Waals surface area contributed by atoms with E-state index < -0.39 is 5.67 Å². The summed E-state index contributed by atoms with van der Waals surface area (Å²) in [6.45, 7) is 1.62. The molecular weight excluding hydrogens is 105 g/mol. The maximum absolute atomic E-state index is 12.8. The Labute approximate surface area is 49.1 Å². The van der Waals surface area contributed by atoms with Gasteiger partial charge < -0.3 is 5.73 Å².